The molecule has 1 aliphatic rings. The second-order valence-electron chi connectivity index (χ2n) is 5.88. The minimum absolute atomic E-state index is 0.320. The largest absolute Gasteiger partial charge is 0.497 e. The number of benzene rings is 2. The summed E-state index contributed by atoms with van der Waals surface area (Å²) in [5.74, 6) is 1.35. The SMILES string of the molecule is COc1ccc(C2=C[C@@H](c3c(F)cccc3Cl)n3ncnc3N2)c(OC)c1. The van der Waals surface area contributed by atoms with Crippen molar-refractivity contribution >= 4 is 23.2 Å². The highest BCUT2D eigenvalue weighted by molar-refractivity contribution is 6.31. The molecular formula is C19H16ClFN4O2. The predicted molar refractivity (Wildman–Crippen MR) is 101 cm³/mol. The van der Waals surface area contributed by atoms with Crippen molar-refractivity contribution < 1.29 is 13.9 Å². The number of aromatic nitrogens is 3. The fraction of sp³-hybridized carbons (Fsp3) is 0.158. The Labute approximate surface area is 160 Å². The van der Waals surface area contributed by atoms with Gasteiger partial charge in [0.25, 0.3) is 0 Å². The number of rotatable bonds is 4. The van der Waals surface area contributed by atoms with E-state index in [9.17, 15) is 4.39 Å². The van der Waals surface area contributed by atoms with Gasteiger partial charge in [-0.05, 0) is 30.3 Å². The first-order chi connectivity index (χ1) is 13.1. The van der Waals surface area contributed by atoms with E-state index in [-0.39, 0.29) is 0 Å². The van der Waals surface area contributed by atoms with Crippen LogP contribution in [0.25, 0.3) is 5.70 Å². The molecule has 1 N–H and O–H groups in total. The van der Waals surface area contributed by atoms with E-state index in [2.05, 4.69) is 15.4 Å². The van der Waals surface area contributed by atoms with E-state index >= 15 is 0 Å². The third-order valence-electron chi connectivity index (χ3n) is 4.40. The minimum Gasteiger partial charge on any atom is -0.497 e. The van der Waals surface area contributed by atoms with Gasteiger partial charge in [-0.15, -0.1) is 0 Å². The maximum absolute atomic E-state index is 14.6. The Morgan fingerprint density at radius 1 is 1.19 bits per heavy atom. The second-order valence-corrected chi connectivity index (χ2v) is 6.29. The first-order valence-corrected chi connectivity index (χ1v) is 8.55. The molecule has 0 saturated heterocycles. The topological polar surface area (TPSA) is 61.2 Å². The first-order valence-electron chi connectivity index (χ1n) is 8.17. The maximum atomic E-state index is 14.6. The molecule has 0 amide bonds. The van der Waals surface area contributed by atoms with Gasteiger partial charge in [0.1, 0.15) is 29.7 Å². The average Bonchev–Trinajstić information content (AvgIpc) is 3.16. The molecule has 0 unspecified atom stereocenters. The lowest BCUT2D eigenvalue weighted by molar-refractivity contribution is 0.393. The summed E-state index contributed by atoms with van der Waals surface area (Å²) in [4.78, 5) is 4.23. The monoisotopic (exact) mass is 386 g/mol. The Morgan fingerprint density at radius 2 is 2.04 bits per heavy atom. The first kappa shape index (κ1) is 17.4. The molecule has 8 heteroatoms. The molecule has 0 radical (unpaired) electrons. The number of nitrogens with one attached hydrogen (secondary N) is 1. The Morgan fingerprint density at radius 3 is 2.78 bits per heavy atom. The molecule has 3 aromatic rings. The van der Waals surface area contributed by atoms with Crippen molar-refractivity contribution in [1.82, 2.24) is 14.8 Å². The van der Waals surface area contributed by atoms with Crippen molar-refractivity contribution in [3.63, 3.8) is 0 Å². The summed E-state index contributed by atoms with van der Waals surface area (Å²) in [7, 11) is 3.17. The van der Waals surface area contributed by atoms with Gasteiger partial charge in [-0.25, -0.2) is 9.07 Å². The van der Waals surface area contributed by atoms with Crippen molar-refractivity contribution in [3.05, 3.63) is 70.8 Å². The standard InChI is InChI=1S/C19H16ClFN4O2/c1-26-11-6-7-12(17(8-11)27-2)15-9-16(25-19(24-15)22-10-23-25)18-13(20)4-3-5-14(18)21/h3-10,16H,1-2H3,(H,22,23,24)/t16-/m0/s1. The van der Waals surface area contributed by atoms with Gasteiger partial charge in [0.2, 0.25) is 5.95 Å². The molecule has 27 heavy (non-hydrogen) atoms. The van der Waals surface area contributed by atoms with Crippen LogP contribution in [0, 0.1) is 5.82 Å². The Balaban J connectivity index is 1.87. The smallest absolute Gasteiger partial charge is 0.226 e. The van der Waals surface area contributed by atoms with Gasteiger partial charge in [-0.1, -0.05) is 17.7 Å². The van der Waals surface area contributed by atoms with Crippen LogP contribution in [0.4, 0.5) is 10.3 Å². The molecule has 0 aliphatic carbocycles. The quantitative estimate of drug-likeness (QED) is 0.730. The van der Waals surface area contributed by atoms with Gasteiger partial charge < -0.3 is 14.8 Å². The molecule has 0 saturated carbocycles. The lowest BCUT2D eigenvalue weighted by Gasteiger charge is -2.26. The van der Waals surface area contributed by atoms with Crippen LogP contribution in [-0.2, 0) is 0 Å². The Hall–Kier alpha value is -3.06. The molecule has 2 aromatic carbocycles. The predicted octanol–water partition coefficient (Wildman–Crippen LogP) is 4.14. The van der Waals surface area contributed by atoms with E-state index in [0.717, 1.165) is 5.56 Å². The van der Waals surface area contributed by atoms with Crippen molar-refractivity contribution in [2.45, 2.75) is 6.04 Å². The number of halogens is 2. The molecule has 4 rings (SSSR count). The highest BCUT2D eigenvalue weighted by Crippen LogP contribution is 2.39. The van der Waals surface area contributed by atoms with Crippen LogP contribution in [0.15, 0.2) is 48.8 Å². The summed E-state index contributed by atoms with van der Waals surface area (Å²) in [6.45, 7) is 0. The van der Waals surface area contributed by atoms with E-state index in [1.807, 2.05) is 18.2 Å². The molecule has 2 heterocycles. The maximum Gasteiger partial charge on any atom is 0.226 e. The van der Waals surface area contributed by atoms with Crippen LogP contribution < -0.4 is 14.8 Å². The average molecular weight is 387 g/mol. The van der Waals surface area contributed by atoms with E-state index in [4.69, 9.17) is 21.1 Å². The fourth-order valence-corrected chi connectivity index (χ4v) is 3.39. The summed E-state index contributed by atoms with van der Waals surface area (Å²) in [6, 6.07) is 9.51. The molecule has 0 bridgehead atoms. The van der Waals surface area contributed by atoms with E-state index in [0.29, 0.717) is 33.7 Å². The van der Waals surface area contributed by atoms with Crippen molar-refractivity contribution in [2.24, 2.45) is 0 Å². The molecule has 6 nitrogen and oxygen atoms in total. The Kier molecular flexibility index (Phi) is 4.45. The van der Waals surface area contributed by atoms with Crippen LogP contribution in [0.5, 0.6) is 11.5 Å². The van der Waals surface area contributed by atoms with Crippen LogP contribution >= 0.6 is 11.6 Å². The minimum atomic E-state index is -0.556. The number of ether oxygens (including phenoxy) is 2. The lowest BCUT2D eigenvalue weighted by atomic mass is 10.0. The number of anilines is 1. The zero-order chi connectivity index (χ0) is 19.0. The highest BCUT2D eigenvalue weighted by Gasteiger charge is 2.28. The van der Waals surface area contributed by atoms with Crippen LogP contribution in [0.3, 0.4) is 0 Å². The summed E-state index contributed by atoms with van der Waals surface area (Å²) in [5.41, 5.74) is 1.82. The van der Waals surface area contributed by atoms with E-state index in [1.54, 1.807) is 37.1 Å². The summed E-state index contributed by atoms with van der Waals surface area (Å²) < 4.78 is 26.9. The number of fused-ring (bicyclic) bond motifs is 1. The molecule has 1 aliphatic heterocycles. The number of hydrogen-bond acceptors (Lipinski definition) is 5. The van der Waals surface area contributed by atoms with Gasteiger partial charge in [0, 0.05) is 22.2 Å². The zero-order valence-electron chi connectivity index (χ0n) is 14.6. The number of methoxy groups -OCH3 is 2. The lowest BCUT2D eigenvalue weighted by Crippen LogP contribution is -2.21. The molecule has 0 fully saturated rings. The van der Waals surface area contributed by atoms with Gasteiger partial charge in [0.05, 0.1) is 19.9 Å². The van der Waals surface area contributed by atoms with Gasteiger partial charge in [-0.2, -0.15) is 10.1 Å². The molecular weight excluding hydrogens is 371 g/mol. The van der Waals surface area contributed by atoms with Crippen molar-refractivity contribution in [3.8, 4) is 11.5 Å². The van der Waals surface area contributed by atoms with Crippen molar-refractivity contribution in [1.29, 1.82) is 0 Å². The van der Waals surface area contributed by atoms with Crippen molar-refractivity contribution in [2.75, 3.05) is 19.5 Å². The second kappa shape index (κ2) is 6.92. The van der Waals surface area contributed by atoms with E-state index in [1.165, 1.54) is 12.4 Å². The molecule has 0 spiro atoms. The number of nitrogens with zero attached hydrogens (tertiary/aromatic N) is 3. The Bertz CT molecular complexity index is 1010. The van der Waals surface area contributed by atoms with Gasteiger partial charge in [0.15, 0.2) is 0 Å². The third-order valence-corrected chi connectivity index (χ3v) is 4.73. The zero-order valence-corrected chi connectivity index (χ0v) is 15.4. The third kappa shape index (κ3) is 3.00. The molecule has 1 aromatic heterocycles. The van der Waals surface area contributed by atoms with Crippen LogP contribution in [0.1, 0.15) is 17.2 Å². The summed E-state index contributed by atoms with van der Waals surface area (Å²) in [6.07, 6.45) is 3.25. The number of allylic oxidation sites excluding steroid dienone is 1. The van der Waals surface area contributed by atoms with Gasteiger partial charge >= 0.3 is 0 Å². The van der Waals surface area contributed by atoms with Crippen LogP contribution in [0.2, 0.25) is 5.02 Å². The molecule has 1 atom stereocenters. The van der Waals surface area contributed by atoms with Gasteiger partial charge in [-0.3, -0.25) is 0 Å². The number of hydrogen-bond donors (Lipinski definition) is 1. The summed E-state index contributed by atoms with van der Waals surface area (Å²) in [5, 5.41) is 7.75. The fourth-order valence-electron chi connectivity index (χ4n) is 3.11. The highest BCUT2D eigenvalue weighted by atomic mass is 35.5. The molecule has 138 valence electrons. The normalized spacial score (nSPS) is 15.6. The van der Waals surface area contributed by atoms with E-state index < -0.39 is 11.9 Å². The van der Waals surface area contributed by atoms with Crippen LogP contribution in [-0.4, -0.2) is 29.0 Å². The summed E-state index contributed by atoms with van der Waals surface area (Å²) >= 11 is 6.30.